The molecule has 0 fully saturated rings. The summed E-state index contributed by atoms with van der Waals surface area (Å²) in [6.07, 6.45) is 3.73. The molecule has 1 aromatic heterocycles. The van der Waals surface area contributed by atoms with E-state index in [2.05, 4.69) is 53.0 Å². The highest BCUT2D eigenvalue weighted by molar-refractivity contribution is 6.08. The second kappa shape index (κ2) is 10.00. The summed E-state index contributed by atoms with van der Waals surface area (Å²) < 4.78 is 12.7. The molecule has 4 aromatic rings. The van der Waals surface area contributed by atoms with E-state index in [0.29, 0.717) is 23.7 Å². The topological polar surface area (TPSA) is 77.4 Å². The molecule has 5 rings (SSSR count). The van der Waals surface area contributed by atoms with Gasteiger partial charge in [-0.25, -0.2) is 4.68 Å². The standard InChI is InChI=1S/C29H28N4O3/c1-4-36-24-15-11-22(12-16-24)31-29(34)25-18-30-33-27(21-9-13-23(35-3)14-10-21)17-26(32-28(25)33)20-7-5-19(2)6-8-20/h5-18,27,32H,4H2,1-3H3,(H,31,34)/t27-/m1/s1. The van der Waals surface area contributed by atoms with Gasteiger partial charge >= 0.3 is 0 Å². The van der Waals surface area contributed by atoms with Crippen molar-refractivity contribution >= 4 is 23.1 Å². The molecular formula is C29H28N4O3. The molecule has 1 amide bonds. The number of amides is 1. The van der Waals surface area contributed by atoms with E-state index in [-0.39, 0.29) is 11.9 Å². The van der Waals surface area contributed by atoms with Gasteiger partial charge in [-0.2, -0.15) is 5.10 Å². The number of rotatable bonds is 7. The molecular weight excluding hydrogens is 452 g/mol. The van der Waals surface area contributed by atoms with E-state index in [1.54, 1.807) is 13.3 Å². The summed E-state index contributed by atoms with van der Waals surface area (Å²) in [7, 11) is 1.65. The van der Waals surface area contributed by atoms with Crippen molar-refractivity contribution in [3.63, 3.8) is 0 Å². The van der Waals surface area contributed by atoms with E-state index >= 15 is 0 Å². The summed E-state index contributed by atoms with van der Waals surface area (Å²) in [5.41, 5.74) is 5.30. The number of aromatic nitrogens is 2. The van der Waals surface area contributed by atoms with Gasteiger partial charge in [0.05, 0.1) is 26.0 Å². The predicted octanol–water partition coefficient (Wildman–Crippen LogP) is 5.91. The maximum atomic E-state index is 13.3. The Labute approximate surface area is 210 Å². The quantitative estimate of drug-likeness (QED) is 0.344. The summed E-state index contributed by atoms with van der Waals surface area (Å²) in [6.45, 7) is 4.58. The van der Waals surface area contributed by atoms with Crippen LogP contribution in [0.15, 0.2) is 85.1 Å². The average molecular weight is 481 g/mol. The predicted molar refractivity (Wildman–Crippen MR) is 142 cm³/mol. The summed E-state index contributed by atoms with van der Waals surface area (Å²) in [4.78, 5) is 13.3. The van der Waals surface area contributed by atoms with Gasteiger partial charge in [-0.15, -0.1) is 0 Å². The minimum atomic E-state index is -0.244. The van der Waals surface area contributed by atoms with E-state index in [4.69, 9.17) is 9.47 Å². The van der Waals surface area contributed by atoms with Crippen LogP contribution in [0.3, 0.4) is 0 Å². The normalized spacial score (nSPS) is 14.3. The summed E-state index contributed by atoms with van der Waals surface area (Å²) >= 11 is 0. The first kappa shape index (κ1) is 23.2. The van der Waals surface area contributed by atoms with Crippen molar-refractivity contribution in [3.05, 3.63) is 107 Å². The fraction of sp³-hybridized carbons (Fsp3) is 0.172. The molecule has 0 aliphatic carbocycles. The highest BCUT2D eigenvalue weighted by Crippen LogP contribution is 2.36. The molecule has 3 aromatic carbocycles. The van der Waals surface area contributed by atoms with Crippen molar-refractivity contribution in [3.8, 4) is 11.5 Å². The average Bonchev–Trinajstić information content (AvgIpc) is 3.34. The van der Waals surface area contributed by atoms with Gasteiger partial charge in [-0.3, -0.25) is 4.79 Å². The van der Waals surface area contributed by atoms with Crippen molar-refractivity contribution in [2.75, 3.05) is 24.4 Å². The first-order valence-corrected chi connectivity index (χ1v) is 11.9. The number of methoxy groups -OCH3 is 1. The molecule has 1 atom stereocenters. The van der Waals surface area contributed by atoms with Gasteiger partial charge in [0.1, 0.15) is 22.9 Å². The van der Waals surface area contributed by atoms with Crippen LogP contribution in [0.4, 0.5) is 11.5 Å². The number of benzene rings is 3. The first-order chi connectivity index (χ1) is 17.6. The summed E-state index contributed by atoms with van der Waals surface area (Å²) in [6, 6.07) is 23.3. The lowest BCUT2D eigenvalue weighted by molar-refractivity contribution is 0.102. The minimum Gasteiger partial charge on any atom is -0.497 e. The fourth-order valence-electron chi connectivity index (χ4n) is 4.20. The van der Waals surface area contributed by atoms with Crippen molar-refractivity contribution in [1.82, 2.24) is 9.78 Å². The summed E-state index contributed by atoms with van der Waals surface area (Å²) in [5, 5.41) is 11.0. The molecule has 1 aliphatic heterocycles. The molecule has 0 spiro atoms. The van der Waals surface area contributed by atoms with E-state index < -0.39 is 0 Å². The van der Waals surface area contributed by atoms with Gasteiger partial charge < -0.3 is 20.1 Å². The largest absolute Gasteiger partial charge is 0.497 e. The van der Waals surface area contributed by atoms with Gasteiger partial charge in [0.15, 0.2) is 0 Å². The van der Waals surface area contributed by atoms with Gasteiger partial charge in [-0.05, 0) is 67.4 Å². The van der Waals surface area contributed by atoms with E-state index in [1.807, 2.05) is 60.1 Å². The van der Waals surface area contributed by atoms with E-state index in [0.717, 1.165) is 28.3 Å². The monoisotopic (exact) mass is 480 g/mol. The molecule has 2 N–H and O–H groups in total. The SMILES string of the molecule is CCOc1ccc(NC(=O)c2cnn3c2NC(c2ccc(C)cc2)=C[C@@H]3c2ccc(OC)cc2)cc1. The molecule has 182 valence electrons. The van der Waals surface area contributed by atoms with Gasteiger partial charge in [-0.1, -0.05) is 42.0 Å². The van der Waals surface area contributed by atoms with Crippen molar-refractivity contribution < 1.29 is 14.3 Å². The van der Waals surface area contributed by atoms with E-state index in [1.165, 1.54) is 5.56 Å². The molecule has 0 saturated heterocycles. The minimum absolute atomic E-state index is 0.199. The molecule has 7 heteroatoms. The van der Waals surface area contributed by atoms with Crippen LogP contribution in [0, 0.1) is 6.92 Å². The van der Waals surface area contributed by atoms with Gasteiger partial charge in [0.2, 0.25) is 0 Å². The van der Waals surface area contributed by atoms with Crippen LogP contribution in [0.25, 0.3) is 5.70 Å². The molecule has 2 heterocycles. The second-order valence-electron chi connectivity index (χ2n) is 8.55. The molecule has 36 heavy (non-hydrogen) atoms. The summed E-state index contributed by atoms with van der Waals surface area (Å²) in [5.74, 6) is 1.94. The molecule has 1 aliphatic rings. The van der Waals surface area contributed by atoms with Crippen LogP contribution in [0.2, 0.25) is 0 Å². The number of nitrogens with one attached hydrogen (secondary N) is 2. The lowest BCUT2D eigenvalue weighted by Gasteiger charge is -2.26. The van der Waals surface area contributed by atoms with Crippen LogP contribution in [0.5, 0.6) is 11.5 Å². The van der Waals surface area contributed by atoms with Crippen molar-refractivity contribution in [1.29, 1.82) is 0 Å². The molecule has 7 nitrogen and oxygen atoms in total. The Hall–Kier alpha value is -4.52. The number of fused-ring (bicyclic) bond motifs is 1. The van der Waals surface area contributed by atoms with Crippen LogP contribution < -0.4 is 20.1 Å². The Kier molecular flexibility index (Phi) is 6.45. The zero-order chi connectivity index (χ0) is 25.1. The Balaban J connectivity index is 1.49. The van der Waals surface area contributed by atoms with Crippen molar-refractivity contribution in [2.24, 2.45) is 0 Å². The smallest absolute Gasteiger partial charge is 0.261 e. The zero-order valence-electron chi connectivity index (χ0n) is 20.5. The van der Waals surface area contributed by atoms with Crippen LogP contribution in [-0.4, -0.2) is 29.4 Å². The Morgan fingerprint density at radius 1 is 1.00 bits per heavy atom. The first-order valence-electron chi connectivity index (χ1n) is 11.9. The third-order valence-corrected chi connectivity index (χ3v) is 6.12. The molecule has 0 radical (unpaired) electrons. The van der Waals surface area contributed by atoms with Crippen molar-refractivity contribution in [2.45, 2.75) is 19.9 Å². The number of hydrogen-bond donors (Lipinski definition) is 2. The fourth-order valence-corrected chi connectivity index (χ4v) is 4.20. The number of aryl methyl sites for hydroxylation is 1. The third kappa shape index (κ3) is 4.68. The molecule has 0 bridgehead atoms. The number of carbonyl (C=O) groups excluding carboxylic acids is 1. The number of ether oxygens (including phenoxy) is 2. The Bertz CT molecular complexity index is 1390. The number of nitrogens with zero attached hydrogens (tertiary/aromatic N) is 2. The highest BCUT2D eigenvalue weighted by Gasteiger charge is 2.28. The maximum Gasteiger partial charge on any atom is 0.261 e. The lowest BCUT2D eigenvalue weighted by atomic mass is 10.0. The maximum absolute atomic E-state index is 13.3. The number of hydrogen-bond acceptors (Lipinski definition) is 5. The lowest BCUT2D eigenvalue weighted by Crippen LogP contribution is -2.22. The number of allylic oxidation sites excluding steroid dienone is 1. The Morgan fingerprint density at radius 2 is 1.69 bits per heavy atom. The van der Waals surface area contributed by atoms with Gasteiger partial charge in [0.25, 0.3) is 5.91 Å². The van der Waals surface area contributed by atoms with E-state index in [9.17, 15) is 4.79 Å². The third-order valence-electron chi connectivity index (χ3n) is 6.12. The number of anilines is 2. The van der Waals surface area contributed by atoms with Crippen LogP contribution in [0.1, 0.15) is 40.0 Å². The second-order valence-corrected chi connectivity index (χ2v) is 8.55. The molecule has 0 saturated carbocycles. The zero-order valence-corrected chi connectivity index (χ0v) is 20.5. The highest BCUT2D eigenvalue weighted by atomic mass is 16.5. The van der Waals surface area contributed by atoms with Crippen LogP contribution in [-0.2, 0) is 0 Å². The number of carbonyl (C=O) groups is 1. The Morgan fingerprint density at radius 3 is 2.36 bits per heavy atom. The molecule has 0 unspecified atom stereocenters. The van der Waals surface area contributed by atoms with Crippen LogP contribution >= 0.6 is 0 Å². The van der Waals surface area contributed by atoms with Gasteiger partial charge in [0, 0.05) is 11.4 Å².